The van der Waals surface area contributed by atoms with E-state index >= 15 is 0 Å². The second kappa shape index (κ2) is 8.39. The molecule has 0 saturated heterocycles. The van der Waals surface area contributed by atoms with Crippen molar-refractivity contribution in [3.8, 4) is 16.3 Å². The van der Waals surface area contributed by atoms with Crippen molar-refractivity contribution in [2.75, 3.05) is 13.7 Å². The average molecular weight is 398 g/mol. The maximum Gasteiger partial charge on any atom is 0.267 e. The third-order valence-corrected chi connectivity index (χ3v) is 5.42. The van der Waals surface area contributed by atoms with Crippen molar-refractivity contribution < 1.29 is 9.53 Å². The predicted molar refractivity (Wildman–Crippen MR) is 111 cm³/mol. The first kappa shape index (κ1) is 19.8. The fourth-order valence-corrected chi connectivity index (χ4v) is 3.59. The Hall–Kier alpha value is -2.93. The van der Waals surface area contributed by atoms with E-state index in [0.29, 0.717) is 18.7 Å². The number of benzene rings is 1. The minimum Gasteiger partial charge on any atom is -0.496 e. The lowest BCUT2D eigenvalue weighted by Crippen LogP contribution is -2.50. The lowest BCUT2D eigenvalue weighted by atomic mass is 10.0. The van der Waals surface area contributed by atoms with E-state index in [9.17, 15) is 9.59 Å². The molecule has 28 heavy (non-hydrogen) atoms. The minimum atomic E-state index is -1.12. The summed E-state index contributed by atoms with van der Waals surface area (Å²) in [6.07, 6.45) is 0.628. The van der Waals surface area contributed by atoms with Crippen molar-refractivity contribution in [3.63, 3.8) is 0 Å². The molecular formula is C21H23N3O3S. The Bertz CT molecular complexity index is 1010. The van der Waals surface area contributed by atoms with Crippen LogP contribution in [0.3, 0.4) is 0 Å². The molecule has 3 rings (SSSR count). The van der Waals surface area contributed by atoms with Crippen LogP contribution >= 0.6 is 11.3 Å². The molecule has 0 radical (unpaired) electrons. The number of aromatic nitrogens is 2. The van der Waals surface area contributed by atoms with Crippen molar-refractivity contribution in [2.24, 2.45) is 0 Å². The number of para-hydroxylation sites is 1. The molecule has 0 aliphatic heterocycles. The van der Waals surface area contributed by atoms with Crippen molar-refractivity contribution in [2.45, 2.75) is 25.8 Å². The maximum absolute atomic E-state index is 12.8. The Morgan fingerprint density at radius 1 is 1.18 bits per heavy atom. The molecule has 1 N–H and O–H groups in total. The van der Waals surface area contributed by atoms with Gasteiger partial charge in [-0.1, -0.05) is 24.3 Å². The zero-order chi connectivity index (χ0) is 20.1. The smallest absolute Gasteiger partial charge is 0.267 e. The predicted octanol–water partition coefficient (Wildman–Crippen LogP) is 3.07. The molecule has 1 amide bonds. The Morgan fingerprint density at radius 2 is 1.96 bits per heavy atom. The third kappa shape index (κ3) is 4.14. The van der Waals surface area contributed by atoms with E-state index in [1.54, 1.807) is 27.0 Å². The SMILES string of the molecule is COc1ccccc1CCNC(=O)C(C)(C)n1nc(-c2cccs2)ccc1=O. The van der Waals surface area contributed by atoms with Crippen molar-refractivity contribution in [3.05, 3.63) is 69.8 Å². The number of hydrogen-bond donors (Lipinski definition) is 1. The summed E-state index contributed by atoms with van der Waals surface area (Å²) in [4.78, 5) is 26.1. The van der Waals surface area contributed by atoms with Crippen molar-refractivity contribution in [1.29, 1.82) is 0 Å². The monoisotopic (exact) mass is 397 g/mol. The fraction of sp³-hybridized carbons (Fsp3) is 0.286. The number of rotatable bonds is 7. The van der Waals surface area contributed by atoms with E-state index in [1.165, 1.54) is 22.1 Å². The van der Waals surface area contributed by atoms with Gasteiger partial charge in [-0.2, -0.15) is 5.10 Å². The van der Waals surface area contributed by atoms with Gasteiger partial charge in [0.25, 0.3) is 5.56 Å². The lowest BCUT2D eigenvalue weighted by Gasteiger charge is -2.25. The maximum atomic E-state index is 12.8. The van der Waals surface area contributed by atoms with Gasteiger partial charge in [-0.25, -0.2) is 4.68 Å². The van der Waals surface area contributed by atoms with Gasteiger partial charge in [0.2, 0.25) is 5.91 Å². The zero-order valence-electron chi connectivity index (χ0n) is 16.1. The largest absolute Gasteiger partial charge is 0.496 e. The summed E-state index contributed by atoms with van der Waals surface area (Å²) >= 11 is 1.53. The fourth-order valence-electron chi connectivity index (χ4n) is 2.90. The van der Waals surface area contributed by atoms with Gasteiger partial charge in [0.05, 0.1) is 12.0 Å². The molecule has 2 aromatic heterocycles. The number of methoxy groups -OCH3 is 1. The number of carbonyl (C=O) groups is 1. The molecule has 1 aromatic carbocycles. The highest BCUT2D eigenvalue weighted by Gasteiger charge is 2.32. The Morgan fingerprint density at radius 3 is 2.68 bits per heavy atom. The van der Waals surface area contributed by atoms with Crippen LogP contribution in [0.25, 0.3) is 10.6 Å². The van der Waals surface area contributed by atoms with E-state index in [4.69, 9.17) is 4.74 Å². The Labute approximate surface area is 167 Å². The van der Waals surface area contributed by atoms with Gasteiger partial charge in [-0.15, -0.1) is 11.3 Å². The van der Waals surface area contributed by atoms with Crippen LogP contribution in [0.2, 0.25) is 0 Å². The van der Waals surface area contributed by atoms with Gasteiger partial charge in [-0.05, 0) is 49.4 Å². The molecule has 3 aromatic rings. The van der Waals surface area contributed by atoms with Gasteiger partial charge < -0.3 is 10.1 Å². The average Bonchev–Trinajstić information content (AvgIpc) is 3.23. The molecule has 7 heteroatoms. The van der Waals surface area contributed by atoms with Gasteiger partial charge in [-0.3, -0.25) is 9.59 Å². The van der Waals surface area contributed by atoms with Crippen LogP contribution in [0.4, 0.5) is 0 Å². The first-order valence-electron chi connectivity index (χ1n) is 8.98. The molecule has 0 aliphatic rings. The molecule has 6 nitrogen and oxygen atoms in total. The van der Waals surface area contributed by atoms with Gasteiger partial charge >= 0.3 is 0 Å². The lowest BCUT2D eigenvalue weighted by molar-refractivity contribution is -0.128. The van der Waals surface area contributed by atoms with Crippen LogP contribution in [0.15, 0.2) is 58.7 Å². The molecule has 0 unspecified atom stereocenters. The summed E-state index contributed by atoms with van der Waals surface area (Å²) in [6, 6.07) is 14.7. The second-order valence-corrected chi connectivity index (χ2v) is 7.77. The molecule has 0 spiro atoms. The van der Waals surface area contributed by atoms with Crippen LogP contribution in [0.5, 0.6) is 5.75 Å². The van der Waals surface area contributed by atoms with Crippen molar-refractivity contribution >= 4 is 17.2 Å². The topological polar surface area (TPSA) is 73.2 Å². The third-order valence-electron chi connectivity index (χ3n) is 4.53. The number of nitrogens with zero attached hydrogens (tertiary/aromatic N) is 2. The minimum absolute atomic E-state index is 0.264. The molecule has 0 saturated carbocycles. The van der Waals surface area contributed by atoms with Crippen LogP contribution in [-0.4, -0.2) is 29.3 Å². The van der Waals surface area contributed by atoms with Crippen LogP contribution in [0, 0.1) is 0 Å². The summed E-state index contributed by atoms with van der Waals surface area (Å²) < 4.78 is 6.59. The van der Waals surface area contributed by atoms with Crippen LogP contribution < -0.4 is 15.6 Å². The van der Waals surface area contributed by atoms with E-state index in [0.717, 1.165) is 16.2 Å². The number of amides is 1. The Kier molecular flexibility index (Phi) is 5.94. The van der Waals surface area contributed by atoms with Gasteiger partial charge in [0.1, 0.15) is 17.0 Å². The number of thiophene rings is 1. The van der Waals surface area contributed by atoms with E-state index in [1.807, 2.05) is 41.8 Å². The molecular weight excluding hydrogens is 374 g/mol. The number of nitrogens with one attached hydrogen (secondary N) is 1. The van der Waals surface area contributed by atoms with Crippen LogP contribution in [0.1, 0.15) is 19.4 Å². The summed E-state index contributed by atoms with van der Waals surface area (Å²) in [6.45, 7) is 3.82. The zero-order valence-corrected chi connectivity index (χ0v) is 17.0. The van der Waals surface area contributed by atoms with Gasteiger partial charge in [0.15, 0.2) is 0 Å². The molecule has 0 atom stereocenters. The molecule has 0 bridgehead atoms. The molecule has 2 heterocycles. The first-order chi connectivity index (χ1) is 13.4. The highest BCUT2D eigenvalue weighted by atomic mass is 32.1. The molecule has 0 aliphatic carbocycles. The normalized spacial score (nSPS) is 11.2. The van der Waals surface area contributed by atoms with E-state index in [2.05, 4.69) is 10.4 Å². The highest BCUT2D eigenvalue weighted by Crippen LogP contribution is 2.23. The van der Waals surface area contributed by atoms with E-state index in [-0.39, 0.29) is 11.5 Å². The van der Waals surface area contributed by atoms with Crippen LogP contribution in [-0.2, 0) is 16.8 Å². The summed E-state index contributed by atoms with van der Waals surface area (Å²) in [5.41, 5.74) is 0.248. The standard InChI is InChI=1S/C21H23N3O3S/c1-21(2,20(26)22-13-12-15-7-4-5-8-17(15)27-3)24-19(25)11-10-16(23-24)18-9-6-14-28-18/h4-11,14H,12-13H2,1-3H3,(H,22,26). The molecule has 146 valence electrons. The Balaban J connectivity index is 1.74. The summed E-state index contributed by atoms with van der Waals surface area (Å²) in [5.74, 6) is 0.526. The van der Waals surface area contributed by atoms with Crippen molar-refractivity contribution in [1.82, 2.24) is 15.1 Å². The van der Waals surface area contributed by atoms with E-state index < -0.39 is 5.54 Å². The number of hydrogen-bond acceptors (Lipinski definition) is 5. The summed E-state index contributed by atoms with van der Waals surface area (Å²) in [5, 5.41) is 9.29. The highest BCUT2D eigenvalue weighted by molar-refractivity contribution is 7.13. The number of carbonyl (C=O) groups excluding carboxylic acids is 1. The van der Waals surface area contributed by atoms with Gasteiger partial charge in [0, 0.05) is 12.6 Å². The number of ether oxygens (including phenoxy) is 1. The second-order valence-electron chi connectivity index (χ2n) is 6.82. The molecule has 0 fully saturated rings. The quantitative estimate of drug-likeness (QED) is 0.665. The first-order valence-corrected chi connectivity index (χ1v) is 9.86. The summed E-state index contributed by atoms with van der Waals surface area (Å²) in [7, 11) is 1.62.